The number of carbonyl (C=O) groups excluding carboxylic acids is 1. The number of nitrogens with one attached hydrogen (secondary N) is 1. The molecule has 0 radical (unpaired) electrons. The van der Waals surface area contributed by atoms with Crippen molar-refractivity contribution in [2.75, 3.05) is 5.32 Å². The van der Waals surface area contributed by atoms with Crippen molar-refractivity contribution in [3.8, 4) is 5.75 Å². The van der Waals surface area contributed by atoms with Crippen LogP contribution >= 0.6 is 0 Å². The number of amides is 1. The van der Waals surface area contributed by atoms with Gasteiger partial charge >= 0.3 is 0 Å². The molecule has 1 aromatic carbocycles. The van der Waals surface area contributed by atoms with Crippen molar-refractivity contribution in [3.05, 3.63) is 54.4 Å². The normalized spacial score (nSPS) is 10.3. The summed E-state index contributed by atoms with van der Waals surface area (Å²) in [6.07, 6.45) is 3.34. The number of aromatic nitrogens is 1. The molecular formula is C15H16N2O2. The van der Waals surface area contributed by atoms with Crippen LogP contribution in [0.2, 0.25) is 0 Å². The van der Waals surface area contributed by atoms with Crippen LogP contribution in [-0.4, -0.2) is 17.0 Å². The maximum atomic E-state index is 12.1. The molecular weight excluding hydrogens is 240 g/mol. The van der Waals surface area contributed by atoms with E-state index in [0.717, 1.165) is 0 Å². The van der Waals surface area contributed by atoms with E-state index in [9.17, 15) is 4.79 Å². The van der Waals surface area contributed by atoms with Gasteiger partial charge in [0.1, 0.15) is 5.75 Å². The molecule has 4 heteroatoms. The number of benzene rings is 1. The van der Waals surface area contributed by atoms with Gasteiger partial charge in [0, 0.05) is 11.8 Å². The molecule has 0 aliphatic rings. The van der Waals surface area contributed by atoms with Crippen molar-refractivity contribution in [1.29, 1.82) is 0 Å². The summed E-state index contributed by atoms with van der Waals surface area (Å²) in [5.74, 6) is 0.510. The second kappa shape index (κ2) is 6.00. The van der Waals surface area contributed by atoms with E-state index >= 15 is 0 Å². The number of hydrogen-bond acceptors (Lipinski definition) is 3. The average Bonchev–Trinajstić information content (AvgIpc) is 2.39. The molecule has 1 aromatic heterocycles. The minimum atomic E-state index is -0.179. The molecule has 0 spiro atoms. The second-order valence-electron chi connectivity index (χ2n) is 4.39. The van der Waals surface area contributed by atoms with Crippen molar-refractivity contribution >= 4 is 11.6 Å². The fourth-order valence-corrected chi connectivity index (χ4v) is 1.62. The minimum absolute atomic E-state index is 0.0802. The number of hydrogen-bond donors (Lipinski definition) is 1. The molecule has 0 saturated carbocycles. The molecule has 2 rings (SSSR count). The molecule has 0 aliphatic carbocycles. The van der Waals surface area contributed by atoms with Gasteiger partial charge in [-0.05, 0) is 44.2 Å². The second-order valence-corrected chi connectivity index (χ2v) is 4.39. The number of rotatable bonds is 4. The molecule has 0 aliphatic heterocycles. The summed E-state index contributed by atoms with van der Waals surface area (Å²) in [5, 5.41) is 2.78. The summed E-state index contributed by atoms with van der Waals surface area (Å²) in [5.41, 5.74) is 1.23. The van der Waals surface area contributed by atoms with Crippen LogP contribution in [-0.2, 0) is 0 Å². The first-order chi connectivity index (χ1) is 9.15. The highest BCUT2D eigenvalue weighted by atomic mass is 16.5. The van der Waals surface area contributed by atoms with Crippen LogP contribution < -0.4 is 10.1 Å². The Hall–Kier alpha value is -2.36. The van der Waals surface area contributed by atoms with Gasteiger partial charge in [-0.15, -0.1) is 0 Å². The molecule has 98 valence electrons. The maximum Gasteiger partial charge on any atom is 0.255 e. The third-order valence-electron chi connectivity index (χ3n) is 2.39. The van der Waals surface area contributed by atoms with Gasteiger partial charge in [-0.3, -0.25) is 9.78 Å². The van der Waals surface area contributed by atoms with Gasteiger partial charge < -0.3 is 10.1 Å². The Morgan fingerprint density at radius 1 is 1.26 bits per heavy atom. The lowest BCUT2D eigenvalue weighted by Gasteiger charge is -2.11. The Bertz CT molecular complexity index is 553. The predicted molar refractivity (Wildman–Crippen MR) is 74.4 cm³/mol. The van der Waals surface area contributed by atoms with Crippen molar-refractivity contribution in [2.24, 2.45) is 0 Å². The molecule has 0 bridgehead atoms. The highest BCUT2D eigenvalue weighted by Crippen LogP contribution is 2.16. The number of anilines is 1. The Kier molecular flexibility index (Phi) is 4.13. The van der Waals surface area contributed by atoms with Gasteiger partial charge in [0.25, 0.3) is 5.91 Å². The minimum Gasteiger partial charge on any atom is -0.491 e. The zero-order valence-electron chi connectivity index (χ0n) is 11.0. The summed E-state index contributed by atoms with van der Waals surface area (Å²) in [6.45, 7) is 3.89. The van der Waals surface area contributed by atoms with E-state index in [4.69, 9.17) is 4.74 Å². The SMILES string of the molecule is CC(C)Oc1cccc(C(=O)Nc2cccnc2)c1. The lowest BCUT2D eigenvalue weighted by molar-refractivity contribution is 0.102. The van der Waals surface area contributed by atoms with E-state index in [1.54, 1.807) is 42.7 Å². The van der Waals surface area contributed by atoms with Gasteiger partial charge in [-0.1, -0.05) is 6.07 Å². The van der Waals surface area contributed by atoms with Crippen LogP contribution in [0, 0.1) is 0 Å². The molecule has 1 amide bonds. The number of carbonyl (C=O) groups is 1. The third kappa shape index (κ3) is 3.81. The first-order valence-electron chi connectivity index (χ1n) is 6.13. The van der Waals surface area contributed by atoms with Crippen molar-refractivity contribution in [3.63, 3.8) is 0 Å². The van der Waals surface area contributed by atoms with E-state index in [2.05, 4.69) is 10.3 Å². The molecule has 2 aromatic rings. The van der Waals surface area contributed by atoms with Crippen LogP contribution in [0.15, 0.2) is 48.8 Å². The maximum absolute atomic E-state index is 12.1. The first kappa shape index (κ1) is 13.1. The lowest BCUT2D eigenvalue weighted by atomic mass is 10.2. The third-order valence-corrected chi connectivity index (χ3v) is 2.39. The van der Waals surface area contributed by atoms with E-state index in [0.29, 0.717) is 17.0 Å². The van der Waals surface area contributed by atoms with Crippen LogP contribution in [0.3, 0.4) is 0 Å². The molecule has 1 heterocycles. The highest BCUT2D eigenvalue weighted by molar-refractivity contribution is 6.04. The van der Waals surface area contributed by atoms with Crippen molar-refractivity contribution in [2.45, 2.75) is 20.0 Å². The fraction of sp³-hybridized carbons (Fsp3) is 0.200. The number of pyridine rings is 1. The topological polar surface area (TPSA) is 51.2 Å². The Labute approximate surface area is 112 Å². The summed E-state index contributed by atoms with van der Waals surface area (Å²) in [7, 11) is 0. The summed E-state index contributed by atoms with van der Waals surface area (Å²) in [6, 6.07) is 10.7. The summed E-state index contributed by atoms with van der Waals surface area (Å²) >= 11 is 0. The van der Waals surface area contributed by atoms with Gasteiger partial charge in [-0.2, -0.15) is 0 Å². The largest absolute Gasteiger partial charge is 0.491 e. The zero-order chi connectivity index (χ0) is 13.7. The predicted octanol–water partition coefficient (Wildman–Crippen LogP) is 3.12. The number of nitrogens with zero attached hydrogens (tertiary/aromatic N) is 1. The fourth-order valence-electron chi connectivity index (χ4n) is 1.62. The number of ether oxygens (including phenoxy) is 1. The molecule has 1 N–H and O–H groups in total. The Balaban J connectivity index is 2.11. The van der Waals surface area contributed by atoms with E-state index in [1.807, 2.05) is 19.9 Å². The zero-order valence-corrected chi connectivity index (χ0v) is 11.0. The van der Waals surface area contributed by atoms with Crippen molar-refractivity contribution in [1.82, 2.24) is 4.98 Å². The van der Waals surface area contributed by atoms with Crippen molar-refractivity contribution < 1.29 is 9.53 Å². The standard InChI is InChI=1S/C15H16N2O2/c1-11(2)19-14-7-3-5-12(9-14)15(18)17-13-6-4-8-16-10-13/h3-11H,1-2H3,(H,17,18). The summed E-state index contributed by atoms with van der Waals surface area (Å²) in [4.78, 5) is 16.0. The van der Waals surface area contributed by atoms with Crippen LogP contribution in [0.25, 0.3) is 0 Å². The Morgan fingerprint density at radius 2 is 2.11 bits per heavy atom. The van der Waals surface area contributed by atoms with Crippen LogP contribution in [0.1, 0.15) is 24.2 Å². The van der Waals surface area contributed by atoms with Crippen LogP contribution in [0.4, 0.5) is 5.69 Å². The van der Waals surface area contributed by atoms with Gasteiger partial charge in [0.2, 0.25) is 0 Å². The quantitative estimate of drug-likeness (QED) is 0.914. The molecule has 0 fully saturated rings. The van der Waals surface area contributed by atoms with Crippen LogP contribution in [0.5, 0.6) is 5.75 Å². The Morgan fingerprint density at radius 3 is 2.79 bits per heavy atom. The molecule has 0 atom stereocenters. The molecule has 0 unspecified atom stereocenters. The monoisotopic (exact) mass is 256 g/mol. The van der Waals surface area contributed by atoms with E-state index < -0.39 is 0 Å². The summed E-state index contributed by atoms with van der Waals surface area (Å²) < 4.78 is 5.56. The van der Waals surface area contributed by atoms with Gasteiger partial charge in [0.05, 0.1) is 18.0 Å². The smallest absolute Gasteiger partial charge is 0.255 e. The lowest BCUT2D eigenvalue weighted by Crippen LogP contribution is -2.12. The van der Waals surface area contributed by atoms with E-state index in [1.165, 1.54) is 0 Å². The van der Waals surface area contributed by atoms with Gasteiger partial charge in [-0.25, -0.2) is 0 Å². The molecule has 4 nitrogen and oxygen atoms in total. The van der Waals surface area contributed by atoms with Gasteiger partial charge in [0.15, 0.2) is 0 Å². The highest BCUT2D eigenvalue weighted by Gasteiger charge is 2.07. The first-order valence-corrected chi connectivity index (χ1v) is 6.13. The average molecular weight is 256 g/mol. The van der Waals surface area contributed by atoms with E-state index in [-0.39, 0.29) is 12.0 Å². The molecule has 19 heavy (non-hydrogen) atoms. The molecule has 0 saturated heterocycles.